The van der Waals surface area contributed by atoms with E-state index < -0.39 is 9.84 Å². The number of sulfone groups is 1. The summed E-state index contributed by atoms with van der Waals surface area (Å²) in [5.74, 6) is 0.519. The average Bonchev–Trinajstić information content (AvgIpc) is 2.61. The van der Waals surface area contributed by atoms with Crippen molar-refractivity contribution in [2.24, 2.45) is 0 Å². The van der Waals surface area contributed by atoms with Gasteiger partial charge in [-0.2, -0.15) is 0 Å². The number of ether oxygens (including phenoxy) is 1. The Morgan fingerprint density at radius 2 is 1.74 bits per heavy atom. The summed E-state index contributed by atoms with van der Waals surface area (Å²) in [6.07, 6.45) is 3.03. The van der Waals surface area contributed by atoms with Crippen molar-refractivity contribution in [2.45, 2.75) is 31.0 Å². The predicted molar refractivity (Wildman–Crippen MR) is 104 cm³/mol. The van der Waals surface area contributed by atoms with Crippen molar-refractivity contribution >= 4 is 27.2 Å². The zero-order valence-electron chi connectivity index (χ0n) is 15.5. The number of amides is 1. The van der Waals surface area contributed by atoms with Crippen LogP contribution in [0.4, 0.5) is 11.5 Å². The fraction of sp³-hybridized carbons (Fsp3) is 0.368. The Morgan fingerprint density at radius 3 is 2.26 bits per heavy atom. The molecule has 1 amide bonds. The molecule has 0 radical (unpaired) electrons. The molecule has 1 N–H and O–H groups in total. The Balaban J connectivity index is 1.66. The molecular formula is C19H23N3O4S. The SMILES string of the molecule is CC1CN(c2ccc(NC(=O)c3ccc(S(C)(=O)=O)cc3)cn2)CC(C)O1. The minimum Gasteiger partial charge on any atom is -0.372 e. The molecule has 0 saturated carbocycles. The van der Waals surface area contributed by atoms with Gasteiger partial charge in [-0.25, -0.2) is 13.4 Å². The van der Waals surface area contributed by atoms with Gasteiger partial charge in [0.25, 0.3) is 5.91 Å². The predicted octanol–water partition coefficient (Wildman–Crippen LogP) is 2.35. The van der Waals surface area contributed by atoms with E-state index in [0.29, 0.717) is 11.3 Å². The Kier molecular flexibility index (Phi) is 5.48. The van der Waals surface area contributed by atoms with Crippen molar-refractivity contribution in [1.82, 2.24) is 4.98 Å². The summed E-state index contributed by atoms with van der Waals surface area (Å²) in [5.41, 5.74) is 0.951. The molecule has 2 heterocycles. The van der Waals surface area contributed by atoms with Gasteiger partial charge < -0.3 is 15.0 Å². The maximum atomic E-state index is 12.3. The first-order chi connectivity index (χ1) is 12.7. The minimum absolute atomic E-state index is 0.143. The lowest BCUT2D eigenvalue weighted by Crippen LogP contribution is -2.45. The van der Waals surface area contributed by atoms with Crippen molar-refractivity contribution in [3.63, 3.8) is 0 Å². The van der Waals surface area contributed by atoms with Gasteiger partial charge in [-0.15, -0.1) is 0 Å². The first-order valence-electron chi connectivity index (χ1n) is 8.70. The highest BCUT2D eigenvalue weighted by Gasteiger charge is 2.23. The monoisotopic (exact) mass is 389 g/mol. The highest BCUT2D eigenvalue weighted by atomic mass is 32.2. The second-order valence-corrected chi connectivity index (χ2v) is 8.83. The quantitative estimate of drug-likeness (QED) is 0.864. The third kappa shape index (κ3) is 4.84. The second-order valence-electron chi connectivity index (χ2n) is 6.82. The lowest BCUT2D eigenvalue weighted by molar-refractivity contribution is -0.00545. The number of carbonyl (C=O) groups excluding carboxylic acids is 1. The molecule has 0 spiro atoms. The van der Waals surface area contributed by atoms with E-state index in [1.54, 1.807) is 12.3 Å². The maximum Gasteiger partial charge on any atom is 0.255 e. The van der Waals surface area contributed by atoms with Crippen LogP contribution in [0.25, 0.3) is 0 Å². The van der Waals surface area contributed by atoms with E-state index in [1.807, 2.05) is 19.9 Å². The van der Waals surface area contributed by atoms with Crippen LogP contribution in [0.3, 0.4) is 0 Å². The number of nitrogens with one attached hydrogen (secondary N) is 1. The average molecular weight is 389 g/mol. The van der Waals surface area contributed by atoms with Gasteiger partial charge in [0.2, 0.25) is 0 Å². The molecule has 0 bridgehead atoms. The maximum absolute atomic E-state index is 12.3. The van der Waals surface area contributed by atoms with E-state index >= 15 is 0 Å². The smallest absolute Gasteiger partial charge is 0.255 e. The van der Waals surface area contributed by atoms with Gasteiger partial charge in [-0.05, 0) is 50.2 Å². The molecule has 1 aromatic carbocycles. The second kappa shape index (κ2) is 7.66. The first-order valence-corrected chi connectivity index (χ1v) is 10.6. The fourth-order valence-corrected chi connectivity index (χ4v) is 3.70. The van der Waals surface area contributed by atoms with Crippen molar-refractivity contribution in [3.8, 4) is 0 Å². The molecule has 7 nitrogen and oxygen atoms in total. The lowest BCUT2D eigenvalue weighted by atomic mass is 10.2. The summed E-state index contributed by atoms with van der Waals surface area (Å²) in [4.78, 5) is 19.1. The summed E-state index contributed by atoms with van der Waals surface area (Å²) in [7, 11) is -3.28. The molecule has 2 atom stereocenters. The van der Waals surface area contributed by atoms with Crippen molar-refractivity contribution < 1.29 is 17.9 Å². The van der Waals surface area contributed by atoms with Gasteiger partial charge in [0, 0.05) is 24.9 Å². The zero-order chi connectivity index (χ0) is 19.6. The topological polar surface area (TPSA) is 88.6 Å². The highest BCUT2D eigenvalue weighted by molar-refractivity contribution is 7.90. The standard InChI is InChI=1S/C19H23N3O4S/c1-13-11-22(12-14(2)26-13)18-9-6-16(10-20-18)21-19(23)15-4-7-17(8-5-15)27(3,24)25/h4-10,13-14H,11-12H2,1-3H3,(H,21,23). The van der Waals surface area contributed by atoms with Gasteiger partial charge in [0.05, 0.1) is 29.0 Å². The Hall–Kier alpha value is -2.45. The van der Waals surface area contributed by atoms with E-state index in [9.17, 15) is 13.2 Å². The van der Waals surface area contributed by atoms with Crippen molar-refractivity contribution in [3.05, 3.63) is 48.2 Å². The molecule has 8 heteroatoms. The molecule has 2 unspecified atom stereocenters. The molecule has 144 valence electrons. The number of anilines is 2. The van der Waals surface area contributed by atoms with Crippen LogP contribution >= 0.6 is 0 Å². The first kappa shape index (κ1) is 19.3. The number of hydrogen-bond acceptors (Lipinski definition) is 6. The van der Waals surface area contributed by atoms with E-state index in [-0.39, 0.29) is 23.0 Å². The molecule has 1 fully saturated rings. The van der Waals surface area contributed by atoms with Crippen LogP contribution in [0.2, 0.25) is 0 Å². The number of hydrogen-bond donors (Lipinski definition) is 1. The van der Waals surface area contributed by atoms with Crippen LogP contribution in [0.1, 0.15) is 24.2 Å². The van der Waals surface area contributed by atoms with Crippen LogP contribution in [-0.2, 0) is 14.6 Å². The van der Waals surface area contributed by atoms with E-state index in [0.717, 1.165) is 25.2 Å². The molecule has 3 rings (SSSR count). The normalized spacial score (nSPS) is 20.3. The zero-order valence-corrected chi connectivity index (χ0v) is 16.4. The van der Waals surface area contributed by atoms with E-state index in [2.05, 4.69) is 15.2 Å². The molecule has 27 heavy (non-hydrogen) atoms. The number of rotatable bonds is 4. The Labute approximate surface area is 159 Å². The van der Waals surface area contributed by atoms with Crippen LogP contribution < -0.4 is 10.2 Å². The Morgan fingerprint density at radius 1 is 1.11 bits per heavy atom. The molecule has 1 aliphatic heterocycles. The van der Waals surface area contributed by atoms with Gasteiger partial charge in [-0.1, -0.05) is 0 Å². The minimum atomic E-state index is -3.28. The van der Waals surface area contributed by atoms with Crippen LogP contribution in [0.15, 0.2) is 47.5 Å². The molecule has 1 saturated heterocycles. The van der Waals surface area contributed by atoms with Crippen LogP contribution in [0, 0.1) is 0 Å². The molecule has 1 aliphatic rings. The number of benzene rings is 1. The number of morpholine rings is 1. The number of nitrogens with zero attached hydrogens (tertiary/aromatic N) is 2. The largest absolute Gasteiger partial charge is 0.372 e. The number of pyridine rings is 1. The van der Waals surface area contributed by atoms with Crippen LogP contribution in [-0.4, -0.2) is 50.9 Å². The Bertz CT molecular complexity index is 901. The van der Waals surface area contributed by atoms with Gasteiger partial charge in [0.15, 0.2) is 9.84 Å². The summed E-state index contributed by atoms with van der Waals surface area (Å²) in [6.45, 7) is 5.62. The fourth-order valence-electron chi connectivity index (χ4n) is 3.07. The lowest BCUT2D eigenvalue weighted by Gasteiger charge is -2.36. The third-order valence-electron chi connectivity index (χ3n) is 4.29. The molecular weight excluding hydrogens is 366 g/mol. The van der Waals surface area contributed by atoms with Gasteiger partial charge in [0.1, 0.15) is 5.82 Å². The summed E-state index contributed by atoms with van der Waals surface area (Å²) < 4.78 is 28.7. The summed E-state index contributed by atoms with van der Waals surface area (Å²) in [6, 6.07) is 9.50. The van der Waals surface area contributed by atoms with Gasteiger partial charge >= 0.3 is 0 Å². The van der Waals surface area contributed by atoms with Crippen molar-refractivity contribution in [2.75, 3.05) is 29.6 Å². The van der Waals surface area contributed by atoms with Gasteiger partial charge in [-0.3, -0.25) is 4.79 Å². The van der Waals surface area contributed by atoms with Crippen LogP contribution in [0.5, 0.6) is 0 Å². The number of carbonyl (C=O) groups is 1. The summed E-state index contributed by atoms with van der Waals surface area (Å²) in [5, 5.41) is 2.77. The molecule has 0 aliphatic carbocycles. The molecule has 1 aromatic heterocycles. The summed E-state index contributed by atoms with van der Waals surface area (Å²) >= 11 is 0. The molecule has 2 aromatic rings. The highest BCUT2D eigenvalue weighted by Crippen LogP contribution is 2.20. The number of aromatic nitrogens is 1. The third-order valence-corrected chi connectivity index (χ3v) is 5.42. The van der Waals surface area contributed by atoms with E-state index in [4.69, 9.17) is 4.74 Å². The van der Waals surface area contributed by atoms with Crippen molar-refractivity contribution in [1.29, 1.82) is 0 Å². The van der Waals surface area contributed by atoms with E-state index in [1.165, 1.54) is 24.3 Å².